The molecule has 106 valence electrons. The zero-order valence-corrected chi connectivity index (χ0v) is 12.2. The molecule has 1 aliphatic heterocycles. The molecule has 0 saturated carbocycles. The molecule has 0 radical (unpaired) electrons. The summed E-state index contributed by atoms with van der Waals surface area (Å²) in [6.45, 7) is 6.33. The van der Waals surface area contributed by atoms with Crippen LogP contribution in [0.5, 0.6) is 5.75 Å². The van der Waals surface area contributed by atoms with E-state index in [1.165, 1.54) is 6.07 Å². The summed E-state index contributed by atoms with van der Waals surface area (Å²) in [6, 6.07) is 4.72. The minimum absolute atomic E-state index is 0.0854. The Balaban J connectivity index is 2.12. The van der Waals surface area contributed by atoms with Crippen LogP contribution >= 0.6 is 11.6 Å². The van der Waals surface area contributed by atoms with Gasteiger partial charge in [-0.05, 0) is 37.4 Å². The Hall–Kier alpha value is -0.800. The SMILES string of the molecule is CC(C)C[C@@H](Oc1cccc(F)c1Cl)C1CCNC1. The van der Waals surface area contributed by atoms with Crippen LogP contribution in [0.1, 0.15) is 26.7 Å². The van der Waals surface area contributed by atoms with E-state index in [2.05, 4.69) is 19.2 Å². The van der Waals surface area contributed by atoms with Gasteiger partial charge in [0.15, 0.2) is 0 Å². The summed E-state index contributed by atoms with van der Waals surface area (Å²) >= 11 is 5.96. The summed E-state index contributed by atoms with van der Waals surface area (Å²) in [7, 11) is 0. The molecular weight excluding hydrogens is 265 g/mol. The van der Waals surface area contributed by atoms with E-state index in [0.29, 0.717) is 17.6 Å². The van der Waals surface area contributed by atoms with Crippen molar-refractivity contribution < 1.29 is 9.13 Å². The highest BCUT2D eigenvalue weighted by Crippen LogP contribution is 2.31. The van der Waals surface area contributed by atoms with Crippen LogP contribution in [0.25, 0.3) is 0 Å². The standard InChI is InChI=1S/C15H21ClFNO/c1-10(2)8-14(11-6-7-18-9-11)19-13-5-3-4-12(17)15(13)16/h3-5,10-11,14,18H,6-9H2,1-2H3/t11?,14-/m1/s1. The van der Waals surface area contributed by atoms with Gasteiger partial charge in [-0.3, -0.25) is 0 Å². The molecule has 2 nitrogen and oxygen atoms in total. The van der Waals surface area contributed by atoms with Crippen LogP contribution in [-0.2, 0) is 0 Å². The summed E-state index contributed by atoms with van der Waals surface area (Å²) in [5.74, 6) is 1.05. The third kappa shape index (κ3) is 3.83. The van der Waals surface area contributed by atoms with Crippen LogP contribution in [-0.4, -0.2) is 19.2 Å². The van der Waals surface area contributed by atoms with Gasteiger partial charge in [-0.2, -0.15) is 0 Å². The Morgan fingerprint density at radius 2 is 2.26 bits per heavy atom. The molecule has 2 atom stereocenters. The van der Waals surface area contributed by atoms with Crippen molar-refractivity contribution in [3.05, 3.63) is 29.0 Å². The molecule has 1 saturated heterocycles. The van der Waals surface area contributed by atoms with Crippen molar-refractivity contribution in [2.45, 2.75) is 32.8 Å². The molecule has 1 aromatic carbocycles. The van der Waals surface area contributed by atoms with Gasteiger partial charge < -0.3 is 10.1 Å². The van der Waals surface area contributed by atoms with Crippen molar-refractivity contribution in [2.75, 3.05) is 13.1 Å². The zero-order valence-electron chi connectivity index (χ0n) is 11.5. The maximum atomic E-state index is 13.4. The summed E-state index contributed by atoms with van der Waals surface area (Å²) < 4.78 is 19.5. The molecule has 1 aromatic rings. The average molecular weight is 286 g/mol. The molecule has 4 heteroatoms. The predicted octanol–water partition coefficient (Wildman–Crippen LogP) is 3.88. The van der Waals surface area contributed by atoms with Gasteiger partial charge in [0, 0.05) is 12.5 Å². The number of hydrogen-bond donors (Lipinski definition) is 1. The lowest BCUT2D eigenvalue weighted by Crippen LogP contribution is -2.30. The first kappa shape index (κ1) is 14.6. The van der Waals surface area contributed by atoms with Crippen LogP contribution in [0, 0.1) is 17.7 Å². The first-order valence-electron chi connectivity index (χ1n) is 6.89. The summed E-state index contributed by atoms with van der Waals surface area (Å²) in [4.78, 5) is 0. The van der Waals surface area contributed by atoms with Crippen LogP contribution in [0.15, 0.2) is 18.2 Å². The zero-order chi connectivity index (χ0) is 13.8. The quantitative estimate of drug-likeness (QED) is 0.886. The fourth-order valence-electron chi connectivity index (χ4n) is 2.53. The maximum absolute atomic E-state index is 13.4. The molecule has 1 unspecified atom stereocenters. The Bertz CT molecular complexity index is 419. The fraction of sp³-hybridized carbons (Fsp3) is 0.600. The number of rotatable bonds is 5. The number of halogens is 2. The Morgan fingerprint density at radius 3 is 2.89 bits per heavy atom. The van der Waals surface area contributed by atoms with Gasteiger partial charge in [0.25, 0.3) is 0 Å². The van der Waals surface area contributed by atoms with Gasteiger partial charge in [0.05, 0.1) is 0 Å². The van der Waals surface area contributed by atoms with Crippen molar-refractivity contribution >= 4 is 11.6 Å². The highest BCUT2D eigenvalue weighted by molar-refractivity contribution is 6.32. The lowest BCUT2D eigenvalue weighted by atomic mass is 9.93. The van der Waals surface area contributed by atoms with E-state index in [0.717, 1.165) is 25.9 Å². The monoisotopic (exact) mass is 285 g/mol. The number of benzene rings is 1. The van der Waals surface area contributed by atoms with E-state index in [9.17, 15) is 4.39 Å². The van der Waals surface area contributed by atoms with Crippen molar-refractivity contribution in [3.63, 3.8) is 0 Å². The molecule has 0 bridgehead atoms. The molecular formula is C15H21ClFNO. The lowest BCUT2D eigenvalue weighted by Gasteiger charge is -2.26. The predicted molar refractivity (Wildman–Crippen MR) is 76.3 cm³/mol. The molecule has 1 heterocycles. The molecule has 0 amide bonds. The van der Waals surface area contributed by atoms with Gasteiger partial charge in [-0.15, -0.1) is 0 Å². The molecule has 0 aromatic heterocycles. The van der Waals surface area contributed by atoms with Gasteiger partial charge in [-0.25, -0.2) is 4.39 Å². The molecule has 1 fully saturated rings. The smallest absolute Gasteiger partial charge is 0.145 e. The molecule has 19 heavy (non-hydrogen) atoms. The molecule has 1 N–H and O–H groups in total. The second-order valence-electron chi connectivity index (χ2n) is 5.59. The second kappa shape index (κ2) is 6.58. The van der Waals surface area contributed by atoms with E-state index >= 15 is 0 Å². The first-order valence-corrected chi connectivity index (χ1v) is 7.27. The lowest BCUT2D eigenvalue weighted by molar-refractivity contribution is 0.119. The third-order valence-electron chi connectivity index (χ3n) is 3.52. The van der Waals surface area contributed by atoms with E-state index < -0.39 is 5.82 Å². The van der Waals surface area contributed by atoms with Gasteiger partial charge in [-0.1, -0.05) is 31.5 Å². The molecule has 0 spiro atoms. The summed E-state index contributed by atoms with van der Waals surface area (Å²) in [6.07, 6.45) is 2.15. The Labute approximate surface area is 119 Å². The first-order chi connectivity index (χ1) is 9.08. The van der Waals surface area contributed by atoms with Crippen LogP contribution in [0.3, 0.4) is 0 Å². The maximum Gasteiger partial charge on any atom is 0.145 e. The van der Waals surface area contributed by atoms with Crippen LogP contribution in [0.2, 0.25) is 5.02 Å². The van der Waals surface area contributed by atoms with E-state index in [1.807, 2.05) is 0 Å². The third-order valence-corrected chi connectivity index (χ3v) is 3.89. The van der Waals surface area contributed by atoms with E-state index in [1.54, 1.807) is 12.1 Å². The number of hydrogen-bond acceptors (Lipinski definition) is 2. The highest BCUT2D eigenvalue weighted by atomic mass is 35.5. The minimum atomic E-state index is -0.424. The Kier molecular flexibility index (Phi) is 5.06. The average Bonchev–Trinajstić information content (AvgIpc) is 2.87. The van der Waals surface area contributed by atoms with Crippen LogP contribution < -0.4 is 10.1 Å². The largest absolute Gasteiger partial charge is 0.488 e. The van der Waals surface area contributed by atoms with Crippen molar-refractivity contribution in [1.82, 2.24) is 5.32 Å². The van der Waals surface area contributed by atoms with Gasteiger partial charge >= 0.3 is 0 Å². The van der Waals surface area contributed by atoms with Crippen molar-refractivity contribution in [2.24, 2.45) is 11.8 Å². The second-order valence-corrected chi connectivity index (χ2v) is 5.97. The summed E-state index contributed by atoms with van der Waals surface area (Å²) in [5, 5.41) is 3.44. The summed E-state index contributed by atoms with van der Waals surface area (Å²) in [5.41, 5.74) is 0. The van der Waals surface area contributed by atoms with E-state index in [-0.39, 0.29) is 11.1 Å². The van der Waals surface area contributed by atoms with Crippen molar-refractivity contribution in [3.8, 4) is 5.75 Å². The highest BCUT2D eigenvalue weighted by Gasteiger charge is 2.28. The van der Waals surface area contributed by atoms with Gasteiger partial charge in [0.2, 0.25) is 0 Å². The fourth-order valence-corrected chi connectivity index (χ4v) is 2.70. The molecule has 1 aliphatic rings. The Morgan fingerprint density at radius 1 is 1.47 bits per heavy atom. The number of ether oxygens (including phenoxy) is 1. The normalized spacial score (nSPS) is 20.8. The topological polar surface area (TPSA) is 21.3 Å². The minimum Gasteiger partial charge on any atom is -0.488 e. The number of nitrogens with one attached hydrogen (secondary N) is 1. The van der Waals surface area contributed by atoms with Crippen LogP contribution in [0.4, 0.5) is 4.39 Å². The molecule has 0 aliphatic carbocycles. The van der Waals surface area contributed by atoms with Gasteiger partial charge in [0.1, 0.15) is 22.7 Å². The van der Waals surface area contributed by atoms with Crippen molar-refractivity contribution in [1.29, 1.82) is 0 Å². The van der Waals surface area contributed by atoms with E-state index in [4.69, 9.17) is 16.3 Å². The molecule has 2 rings (SSSR count).